The van der Waals surface area contributed by atoms with E-state index in [0.717, 1.165) is 0 Å². The van der Waals surface area contributed by atoms with Gasteiger partial charge in [-0.15, -0.1) is 0 Å². The molecule has 0 N–H and O–H groups in total. The van der Waals surface area contributed by atoms with Crippen molar-refractivity contribution < 1.29 is 0 Å². The van der Waals surface area contributed by atoms with Gasteiger partial charge >= 0.3 is 0 Å². The highest BCUT2D eigenvalue weighted by Gasteiger charge is 2.47. The molecule has 0 unspecified atom stereocenters. The molecule has 8 aromatic carbocycles. The van der Waals surface area contributed by atoms with Gasteiger partial charge in [0.2, 0.25) is 0 Å². The lowest BCUT2D eigenvalue weighted by atomic mass is 9.66. The fourth-order valence-electron chi connectivity index (χ4n) is 8.20. The molecule has 0 bridgehead atoms. The summed E-state index contributed by atoms with van der Waals surface area (Å²) >= 11 is 1.88. The van der Waals surface area contributed by atoms with E-state index in [1.807, 2.05) is 11.8 Å². The van der Waals surface area contributed by atoms with Crippen LogP contribution in [0.1, 0.15) is 22.3 Å². The molecule has 1 aliphatic heterocycles. The van der Waals surface area contributed by atoms with E-state index in [1.54, 1.807) is 0 Å². The van der Waals surface area contributed by atoms with Gasteiger partial charge in [0, 0.05) is 15.2 Å². The summed E-state index contributed by atoms with van der Waals surface area (Å²) in [6.07, 6.45) is 0. The highest BCUT2D eigenvalue weighted by Crippen LogP contribution is 2.59. The Balaban J connectivity index is 1.30. The molecule has 0 nitrogen and oxygen atoms in total. The summed E-state index contributed by atoms with van der Waals surface area (Å²) < 4.78 is 0. The van der Waals surface area contributed by atoms with Crippen molar-refractivity contribution in [1.29, 1.82) is 0 Å². The summed E-state index contributed by atoms with van der Waals surface area (Å²) in [6, 6.07) is 63.4. The van der Waals surface area contributed by atoms with Gasteiger partial charge in [0.15, 0.2) is 0 Å². The van der Waals surface area contributed by atoms with Crippen LogP contribution in [-0.4, -0.2) is 0 Å². The van der Waals surface area contributed by atoms with Crippen molar-refractivity contribution in [3.05, 3.63) is 192 Å². The second-order valence-electron chi connectivity index (χ2n) is 12.4. The highest BCUT2D eigenvalue weighted by molar-refractivity contribution is 7.99. The predicted molar refractivity (Wildman–Crippen MR) is 194 cm³/mol. The fourth-order valence-corrected chi connectivity index (χ4v) is 9.35. The third-order valence-corrected chi connectivity index (χ3v) is 11.2. The maximum Gasteiger partial charge on any atom is 0.0719 e. The summed E-state index contributed by atoms with van der Waals surface area (Å²) in [5.74, 6) is 0. The molecule has 0 spiro atoms. The van der Waals surface area contributed by atoms with Crippen molar-refractivity contribution in [3.8, 4) is 33.4 Å². The first kappa shape index (κ1) is 25.9. The van der Waals surface area contributed by atoms with E-state index in [1.165, 1.54) is 87.0 Å². The van der Waals surface area contributed by atoms with Crippen molar-refractivity contribution >= 4 is 33.3 Å². The molecule has 10 rings (SSSR count). The first-order valence-corrected chi connectivity index (χ1v) is 16.7. The Kier molecular flexibility index (Phi) is 5.53. The maximum absolute atomic E-state index is 2.49. The Morgan fingerprint density at radius 3 is 1.89 bits per heavy atom. The third kappa shape index (κ3) is 3.52. The summed E-state index contributed by atoms with van der Waals surface area (Å²) in [7, 11) is 0. The fraction of sp³-hybridized carbons (Fsp3) is 0.0222. The van der Waals surface area contributed by atoms with Crippen LogP contribution in [0.25, 0.3) is 54.9 Å². The van der Waals surface area contributed by atoms with Crippen LogP contribution in [-0.2, 0) is 5.41 Å². The van der Waals surface area contributed by atoms with Crippen molar-refractivity contribution in [2.75, 3.05) is 0 Å². The number of hydrogen-bond donors (Lipinski definition) is 0. The number of benzene rings is 8. The third-order valence-electron chi connectivity index (χ3n) is 10.1. The van der Waals surface area contributed by atoms with Gasteiger partial charge in [-0.3, -0.25) is 0 Å². The average molecular weight is 601 g/mol. The molecular weight excluding hydrogens is 573 g/mol. The van der Waals surface area contributed by atoms with E-state index in [2.05, 4.69) is 170 Å². The van der Waals surface area contributed by atoms with E-state index < -0.39 is 5.41 Å². The van der Waals surface area contributed by atoms with Gasteiger partial charge in [-0.1, -0.05) is 151 Å². The second kappa shape index (κ2) is 9.81. The number of hydrogen-bond acceptors (Lipinski definition) is 1. The monoisotopic (exact) mass is 600 g/mol. The summed E-state index contributed by atoms with van der Waals surface area (Å²) in [6.45, 7) is 0. The zero-order chi connectivity index (χ0) is 30.2. The Labute approximate surface area is 273 Å². The lowest BCUT2D eigenvalue weighted by Gasteiger charge is -2.35. The van der Waals surface area contributed by atoms with Crippen LogP contribution in [0, 0.1) is 0 Å². The molecule has 0 fully saturated rings. The van der Waals surface area contributed by atoms with Crippen LogP contribution in [0.3, 0.4) is 0 Å². The normalized spacial score (nSPS) is 13.7. The standard InChI is InChI=1S/C45H28S/c1-3-14-33(15-4-1)45(34-16-5-2-6-17-34)40-28-30(23-24-36(40)38-25-22-29-12-7-8-18-35(29)44(38)45)32-26-31-13-11-21-42-43(31)39(27-32)37-19-9-10-20-41(37)46-42/h1-28H. The molecular formula is C45H28S. The van der Waals surface area contributed by atoms with Gasteiger partial charge in [-0.2, -0.15) is 0 Å². The average Bonchev–Trinajstić information content (AvgIpc) is 3.43. The van der Waals surface area contributed by atoms with Crippen molar-refractivity contribution in [2.45, 2.75) is 15.2 Å². The number of fused-ring (bicyclic) bond motifs is 7. The second-order valence-corrected chi connectivity index (χ2v) is 13.5. The molecule has 0 saturated carbocycles. The van der Waals surface area contributed by atoms with Crippen LogP contribution in [0.15, 0.2) is 180 Å². The highest BCUT2D eigenvalue weighted by atomic mass is 32.2. The van der Waals surface area contributed by atoms with Gasteiger partial charge in [0.25, 0.3) is 0 Å². The van der Waals surface area contributed by atoms with Crippen LogP contribution >= 0.6 is 11.8 Å². The quantitative estimate of drug-likeness (QED) is 0.194. The van der Waals surface area contributed by atoms with Crippen LogP contribution in [0.2, 0.25) is 0 Å². The van der Waals surface area contributed by atoms with E-state index in [9.17, 15) is 0 Å². The van der Waals surface area contributed by atoms with Crippen molar-refractivity contribution in [1.82, 2.24) is 0 Å². The Bertz CT molecular complexity index is 2450. The SMILES string of the molecule is c1ccc(C2(c3ccccc3)c3cc(-c4cc5c6c(cccc6c4)Sc4ccccc4-5)ccc3-c3ccc4ccccc4c32)cc1. The smallest absolute Gasteiger partial charge is 0.0719 e. The first-order chi connectivity index (χ1) is 22.8. The Morgan fingerprint density at radius 2 is 1.07 bits per heavy atom. The molecule has 214 valence electrons. The lowest BCUT2D eigenvalue weighted by Crippen LogP contribution is -2.28. The summed E-state index contributed by atoms with van der Waals surface area (Å²) in [5.41, 5.74) is 12.6. The number of rotatable bonds is 3. The molecule has 0 atom stereocenters. The van der Waals surface area contributed by atoms with Crippen LogP contribution < -0.4 is 0 Å². The molecule has 1 aliphatic carbocycles. The van der Waals surface area contributed by atoms with E-state index >= 15 is 0 Å². The summed E-state index contributed by atoms with van der Waals surface area (Å²) in [4.78, 5) is 2.66. The topological polar surface area (TPSA) is 0 Å². The van der Waals surface area contributed by atoms with Gasteiger partial charge in [-0.25, -0.2) is 0 Å². The van der Waals surface area contributed by atoms with Gasteiger partial charge in [0.1, 0.15) is 0 Å². The Morgan fingerprint density at radius 1 is 0.391 bits per heavy atom. The molecule has 46 heavy (non-hydrogen) atoms. The van der Waals surface area contributed by atoms with Gasteiger partial charge in [0.05, 0.1) is 5.41 Å². The lowest BCUT2D eigenvalue weighted by molar-refractivity contribution is 0.776. The van der Waals surface area contributed by atoms with Crippen LogP contribution in [0.4, 0.5) is 0 Å². The maximum atomic E-state index is 2.49. The predicted octanol–water partition coefficient (Wildman–Crippen LogP) is 12.2. The minimum absolute atomic E-state index is 0.467. The van der Waals surface area contributed by atoms with Crippen molar-refractivity contribution in [3.63, 3.8) is 0 Å². The van der Waals surface area contributed by atoms with Crippen LogP contribution in [0.5, 0.6) is 0 Å². The molecule has 1 heteroatoms. The molecule has 0 radical (unpaired) electrons. The first-order valence-electron chi connectivity index (χ1n) is 15.9. The van der Waals surface area contributed by atoms with E-state index in [0.29, 0.717) is 0 Å². The molecule has 1 heterocycles. The zero-order valence-electron chi connectivity index (χ0n) is 25.1. The summed E-state index contributed by atoms with van der Waals surface area (Å²) in [5, 5.41) is 5.23. The van der Waals surface area contributed by atoms with E-state index in [4.69, 9.17) is 0 Å². The molecule has 2 aliphatic rings. The zero-order valence-corrected chi connectivity index (χ0v) is 25.9. The van der Waals surface area contributed by atoms with Crippen molar-refractivity contribution in [2.24, 2.45) is 0 Å². The largest absolute Gasteiger partial charge is 0.0888 e. The minimum atomic E-state index is -0.467. The molecule has 0 amide bonds. The van der Waals surface area contributed by atoms with Gasteiger partial charge in [-0.05, 0) is 102 Å². The van der Waals surface area contributed by atoms with E-state index in [-0.39, 0.29) is 0 Å². The van der Waals surface area contributed by atoms with Gasteiger partial charge < -0.3 is 0 Å². The Hall–Kier alpha value is -5.37. The molecule has 8 aromatic rings. The molecule has 0 saturated heterocycles. The minimum Gasteiger partial charge on any atom is -0.0888 e. The molecule has 0 aromatic heterocycles.